The van der Waals surface area contributed by atoms with E-state index in [0.717, 1.165) is 19.5 Å². The van der Waals surface area contributed by atoms with Gasteiger partial charge in [-0.2, -0.15) is 0 Å². The number of carbonyl (C=O) groups excluding carboxylic acids is 1. The van der Waals surface area contributed by atoms with Crippen LogP contribution in [-0.2, 0) is 9.53 Å². The number of rotatable bonds is 4. The van der Waals surface area contributed by atoms with Crippen LogP contribution in [0.3, 0.4) is 0 Å². The number of hydrogen-bond donors (Lipinski definition) is 0. The Kier molecular flexibility index (Phi) is 5.22. The average Bonchev–Trinajstić information content (AvgIpc) is 2.43. The molecule has 2 fully saturated rings. The molecule has 4 nitrogen and oxygen atoms in total. The Hall–Kier alpha value is -0.610. The summed E-state index contributed by atoms with van der Waals surface area (Å²) in [5, 5.41) is 0. The molecule has 110 valence electrons. The Morgan fingerprint density at radius 3 is 2.79 bits per heavy atom. The third kappa shape index (κ3) is 3.29. The average molecular weight is 268 g/mol. The third-order valence-electron chi connectivity index (χ3n) is 4.48. The molecule has 0 aromatic rings. The SMILES string of the molecule is CCOC(CC)C(=O)N1CC2CCCCN2CC1C. The van der Waals surface area contributed by atoms with Crippen LogP contribution >= 0.6 is 0 Å². The monoisotopic (exact) mass is 268 g/mol. The van der Waals surface area contributed by atoms with Gasteiger partial charge in [0.15, 0.2) is 0 Å². The van der Waals surface area contributed by atoms with E-state index < -0.39 is 0 Å². The zero-order chi connectivity index (χ0) is 13.8. The van der Waals surface area contributed by atoms with E-state index in [1.54, 1.807) is 0 Å². The van der Waals surface area contributed by atoms with E-state index in [-0.39, 0.29) is 12.0 Å². The summed E-state index contributed by atoms with van der Waals surface area (Å²) in [6, 6.07) is 0.893. The van der Waals surface area contributed by atoms with Gasteiger partial charge in [-0.05, 0) is 39.7 Å². The van der Waals surface area contributed by atoms with Gasteiger partial charge < -0.3 is 9.64 Å². The van der Waals surface area contributed by atoms with Crippen molar-refractivity contribution in [3.8, 4) is 0 Å². The van der Waals surface area contributed by atoms with Crippen molar-refractivity contribution in [3.05, 3.63) is 0 Å². The number of fused-ring (bicyclic) bond motifs is 1. The van der Waals surface area contributed by atoms with Crippen LogP contribution in [-0.4, -0.2) is 60.1 Å². The highest BCUT2D eigenvalue weighted by atomic mass is 16.5. The summed E-state index contributed by atoms with van der Waals surface area (Å²) in [6.45, 7) is 9.89. The van der Waals surface area contributed by atoms with E-state index in [1.165, 1.54) is 25.8 Å². The minimum absolute atomic E-state index is 0.196. The molecule has 0 aromatic heterocycles. The lowest BCUT2D eigenvalue weighted by Crippen LogP contribution is -2.61. The second-order valence-electron chi connectivity index (χ2n) is 5.84. The van der Waals surface area contributed by atoms with E-state index in [4.69, 9.17) is 4.74 Å². The van der Waals surface area contributed by atoms with Crippen LogP contribution in [0.15, 0.2) is 0 Å². The quantitative estimate of drug-likeness (QED) is 0.780. The largest absolute Gasteiger partial charge is 0.369 e. The summed E-state index contributed by atoms with van der Waals surface area (Å²) in [5.74, 6) is 0.196. The maximum absolute atomic E-state index is 12.6. The topological polar surface area (TPSA) is 32.8 Å². The fourth-order valence-corrected chi connectivity index (χ4v) is 3.41. The molecule has 0 radical (unpaired) electrons. The second-order valence-corrected chi connectivity index (χ2v) is 5.84. The molecule has 4 heteroatoms. The molecular weight excluding hydrogens is 240 g/mol. The van der Waals surface area contributed by atoms with E-state index in [2.05, 4.69) is 16.7 Å². The zero-order valence-corrected chi connectivity index (χ0v) is 12.6. The van der Waals surface area contributed by atoms with Gasteiger partial charge in [0.05, 0.1) is 0 Å². The van der Waals surface area contributed by atoms with Gasteiger partial charge in [-0.3, -0.25) is 9.69 Å². The molecule has 0 aliphatic carbocycles. The molecule has 3 unspecified atom stereocenters. The number of nitrogens with zero attached hydrogens (tertiary/aromatic N) is 2. The third-order valence-corrected chi connectivity index (χ3v) is 4.48. The van der Waals surface area contributed by atoms with Crippen molar-refractivity contribution in [1.29, 1.82) is 0 Å². The number of carbonyl (C=O) groups is 1. The Bertz CT molecular complexity index is 309. The first-order chi connectivity index (χ1) is 9.17. The van der Waals surface area contributed by atoms with Crippen LogP contribution in [0.1, 0.15) is 46.5 Å². The van der Waals surface area contributed by atoms with Gasteiger partial charge >= 0.3 is 0 Å². The van der Waals surface area contributed by atoms with Crippen molar-refractivity contribution in [2.75, 3.05) is 26.2 Å². The van der Waals surface area contributed by atoms with Crippen LogP contribution in [0, 0.1) is 0 Å². The maximum atomic E-state index is 12.6. The first-order valence-electron chi connectivity index (χ1n) is 7.83. The number of hydrogen-bond acceptors (Lipinski definition) is 3. The number of ether oxygens (including phenoxy) is 1. The molecule has 0 bridgehead atoms. The van der Waals surface area contributed by atoms with E-state index in [0.29, 0.717) is 18.7 Å². The van der Waals surface area contributed by atoms with Crippen LogP contribution in [0.2, 0.25) is 0 Å². The minimum atomic E-state index is -0.248. The van der Waals surface area contributed by atoms with Gasteiger partial charge in [0.25, 0.3) is 5.91 Å². The van der Waals surface area contributed by atoms with Gasteiger partial charge in [-0.1, -0.05) is 13.3 Å². The Labute approximate surface area is 117 Å². The summed E-state index contributed by atoms with van der Waals surface area (Å²) in [6.07, 6.45) is 4.38. The number of piperidine rings is 1. The smallest absolute Gasteiger partial charge is 0.252 e. The molecule has 0 aromatic carbocycles. The molecule has 2 rings (SSSR count). The van der Waals surface area contributed by atoms with Crippen LogP contribution < -0.4 is 0 Å². The molecule has 0 N–H and O–H groups in total. The molecule has 0 saturated carbocycles. The lowest BCUT2D eigenvalue weighted by atomic mass is 9.96. The van der Waals surface area contributed by atoms with E-state index in [1.807, 2.05) is 13.8 Å². The summed E-state index contributed by atoms with van der Waals surface area (Å²) < 4.78 is 5.59. The molecule has 2 saturated heterocycles. The Morgan fingerprint density at radius 1 is 1.32 bits per heavy atom. The normalized spacial score (nSPS) is 29.9. The molecule has 3 atom stereocenters. The highest BCUT2D eigenvalue weighted by Gasteiger charge is 2.37. The molecule has 19 heavy (non-hydrogen) atoms. The second kappa shape index (κ2) is 6.71. The van der Waals surface area contributed by atoms with Crippen molar-refractivity contribution in [3.63, 3.8) is 0 Å². The fourth-order valence-electron chi connectivity index (χ4n) is 3.41. The molecule has 2 heterocycles. The van der Waals surface area contributed by atoms with E-state index in [9.17, 15) is 4.79 Å². The molecule has 1 amide bonds. The van der Waals surface area contributed by atoms with Crippen LogP contribution in [0.4, 0.5) is 0 Å². The van der Waals surface area contributed by atoms with Crippen molar-refractivity contribution >= 4 is 5.91 Å². The van der Waals surface area contributed by atoms with Crippen molar-refractivity contribution < 1.29 is 9.53 Å². The highest BCUT2D eigenvalue weighted by molar-refractivity contribution is 5.81. The van der Waals surface area contributed by atoms with Crippen molar-refractivity contribution in [2.45, 2.75) is 64.6 Å². The summed E-state index contributed by atoms with van der Waals surface area (Å²) in [4.78, 5) is 17.2. The maximum Gasteiger partial charge on any atom is 0.252 e. The lowest BCUT2D eigenvalue weighted by molar-refractivity contribution is -0.150. The van der Waals surface area contributed by atoms with Gasteiger partial charge in [0, 0.05) is 31.8 Å². The predicted octanol–water partition coefficient (Wildman–Crippen LogP) is 1.89. The van der Waals surface area contributed by atoms with Gasteiger partial charge in [0.2, 0.25) is 0 Å². The molecule has 2 aliphatic heterocycles. The van der Waals surface area contributed by atoms with Gasteiger partial charge in [0.1, 0.15) is 6.10 Å². The fraction of sp³-hybridized carbons (Fsp3) is 0.933. The van der Waals surface area contributed by atoms with Crippen molar-refractivity contribution in [2.24, 2.45) is 0 Å². The lowest BCUT2D eigenvalue weighted by Gasteiger charge is -2.48. The Balaban J connectivity index is 2.00. The van der Waals surface area contributed by atoms with E-state index >= 15 is 0 Å². The van der Waals surface area contributed by atoms with Crippen LogP contribution in [0.25, 0.3) is 0 Å². The highest BCUT2D eigenvalue weighted by Crippen LogP contribution is 2.25. The number of piperazine rings is 1. The summed E-state index contributed by atoms with van der Waals surface area (Å²) in [7, 11) is 0. The van der Waals surface area contributed by atoms with Gasteiger partial charge in [-0.25, -0.2) is 0 Å². The summed E-state index contributed by atoms with van der Waals surface area (Å²) in [5.41, 5.74) is 0. The summed E-state index contributed by atoms with van der Waals surface area (Å²) >= 11 is 0. The predicted molar refractivity (Wildman–Crippen MR) is 76.1 cm³/mol. The standard InChI is InChI=1S/C15H28N2O2/c1-4-14(19-5-2)15(18)17-11-13-8-6-7-9-16(13)10-12(17)3/h12-14H,4-11H2,1-3H3. The van der Waals surface area contributed by atoms with Crippen LogP contribution in [0.5, 0.6) is 0 Å². The van der Waals surface area contributed by atoms with Gasteiger partial charge in [-0.15, -0.1) is 0 Å². The first-order valence-corrected chi connectivity index (χ1v) is 7.83. The first kappa shape index (κ1) is 14.8. The molecule has 2 aliphatic rings. The Morgan fingerprint density at radius 2 is 2.11 bits per heavy atom. The molecular formula is C15H28N2O2. The zero-order valence-electron chi connectivity index (χ0n) is 12.6. The number of amides is 1. The molecule has 0 spiro atoms. The minimum Gasteiger partial charge on any atom is -0.369 e. The van der Waals surface area contributed by atoms with Crippen molar-refractivity contribution in [1.82, 2.24) is 9.80 Å².